The number of carbonyl (C=O) groups excluding carboxylic acids is 1. The van der Waals surface area contributed by atoms with Gasteiger partial charge in [-0.15, -0.1) is 11.3 Å². The molecule has 7 nitrogen and oxygen atoms in total. The highest BCUT2D eigenvalue weighted by atomic mass is 32.1. The summed E-state index contributed by atoms with van der Waals surface area (Å²) < 4.78 is 0. The third kappa shape index (κ3) is 2.17. The van der Waals surface area contributed by atoms with E-state index in [1.807, 2.05) is 34.7 Å². The first-order valence-electron chi connectivity index (χ1n) is 8.02. The van der Waals surface area contributed by atoms with Gasteiger partial charge in [0.25, 0.3) is 5.91 Å². The molecule has 2 aromatic heterocycles. The predicted octanol–water partition coefficient (Wildman–Crippen LogP) is 1.62. The maximum Gasteiger partial charge on any atom is 0.253 e. The van der Waals surface area contributed by atoms with Crippen molar-refractivity contribution in [2.45, 2.75) is 0 Å². The van der Waals surface area contributed by atoms with Crippen LogP contribution in [0, 0.1) is 11.8 Å². The Labute approximate surface area is 142 Å². The van der Waals surface area contributed by atoms with E-state index in [2.05, 4.69) is 25.3 Å². The van der Waals surface area contributed by atoms with Crippen LogP contribution in [0.4, 0.5) is 5.13 Å². The number of H-pyrrole nitrogens is 1. The molecule has 0 radical (unpaired) electrons. The fourth-order valence-electron chi connectivity index (χ4n) is 3.84. The second-order valence-corrected chi connectivity index (χ2v) is 7.35. The molecule has 2 atom stereocenters. The third-order valence-electron chi connectivity index (χ3n) is 5.03. The van der Waals surface area contributed by atoms with Crippen LogP contribution in [0.1, 0.15) is 10.4 Å². The SMILES string of the molecule is O=C(c1ccc2n[nH]nc2c1)N1CC2CN(c3nccs3)CC2C1. The normalized spacial score (nSPS) is 23.2. The number of benzene rings is 1. The van der Waals surface area contributed by atoms with Crippen molar-refractivity contribution in [1.82, 2.24) is 25.3 Å². The minimum absolute atomic E-state index is 0.0927. The van der Waals surface area contributed by atoms with E-state index >= 15 is 0 Å². The fraction of sp³-hybridized carbons (Fsp3) is 0.375. The van der Waals surface area contributed by atoms with Crippen molar-refractivity contribution in [3.05, 3.63) is 35.3 Å². The highest BCUT2D eigenvalue weighted by Crippen LogP contribution is 2.35. The summed E-state index contributed by atoms with van der Waals surface area (Å²) in [6.45, 7) is 3.62. The number of rotatable bonds is 2. The van der Waals surface area contributed by atoms with E-state index in [1.54, 1.807) is 11.3 Å². The molecule has 2 fully saturated rings. The molecular formula is C16H16N6OS. The van der Waals surface area contributed by atoms with Crippen LogP contribution >= 0.6 is 11.3 Å². The monoisotopic (exact) mass is 340 g/mol. The first-order valence-corrected chi connectivity index (χ1v) is 8.90. The molecule has 0 bridgehead atoms. The van der Waals surface area contributed by atoms with Gasteiger partial charge in [-0.3, -0.25) is 4.79 Å². The lowest BCUT2D eigenvalue weighted by atomic mass is 10.0. The Kier molecular flexibility index (Phi) is 3.05. The molecule has 8 heteroatoms. The van der Waals surface area contributed by atoms with Gasteiger partial charge in [0.1, 0.15) is 11.0 Å². The Bertz CT molecular complexity index is 877. The van der Waals surface area contributed by atoms with Gasteiger partial charge in [-0.05, 0) is 18.2 Å². The summed E-state index contributed by atoms with van der Waals surface area (Å²) in [5, 5.41) is 13.8. The van der Waals surface area contributed by atoms with Crippen molar-refractivity contribution in [1.29, 1.82) is 0 Å². The van der Waals surface area contributed by atoms with E-state index in [4.69, 9.17) is 0 Å². The number of hydrogen-bond acceptors (Lipinski definition) is 6. The van der Waals surface area contributed by atoms with Crippen LogP contribution in [0.25, 0.3) is 11.0 Å². The van der Waals surface area contributed by atoms with Crippen LogP contribution in [0.15, 0.2) is 29.8 Å². The molecule has 1 N–H and O–H groups in total. The summed E-state index contributed by atoms with van der Waals surface area (Å²) in [6.07, 6.45) is 1.85. The second-order valence-electron chi connectivity index (χ2n) is 6.48. The molecule has 2 unspecified atom stereocenters. The topological polar surface area (TPSA) is 78.0 Å². The molecule has 122 valence electrons. The molecule has 2 aliphatic heterocycles. The van der Waals surface area contributed by atoms with Crippen LogP contribution < -0.4 is 4.90 Å². The number of nitrogens with one attached hydrogen (secondary N) is 1. The van der Waals surface area contributed by atoms with Crippen molar-refractivity contribution in [2.24, 2.45) is 11.8 Å². The van der Waals surface area contributed by atoms with Crippen LogP contribution in [-0.4, -0.2) is 57.4 Å². The Morgan fingerprint density at radius 1 is 1.12 bits per heavy atom. The number of aromatic nitrogens is 4. The van der Waals surface area contributed by atoms with E-state index in [9.17, 15) is 4.79 Å². The summed E-state index contributed by atoms with van der Waals surface area (Å²) in [6, 6.07) is 5.49. The van der Waals surface area contributed by atoms with Gasteiger partial charge in [0, 0.05) is 55.2 Å². The second kappa shape index (κ2) is 5.27. The van der Waals surface area contributed by atoms with Gasteiger partial charge in [0.2, 0.25) is 0 Å². The number of thiazole rings is 1. The minimum atomic E-state index is 0.0927. The highest BCUT2D eigenvalue weighted by molar-refractivity contribution is 7.13. The Morgan fingerprint density at radius 2 is 1.92 bits per heavy atom. The molecule has 24 heavy (non-hydrogen) atoms. The van der Waals surface area contributed by atoms with Crippen molar-refractivity contribution in [2.75, 3.05) is 31.1 Å². The van der Waals surface area contributed by atoms with Crippen molar-refractivity contribution < 1.29 is 4.79 Å². The lowest BCUT2D eigenvalue weighted by Crippen LogP contribution is -2.33. The maximum atomic E-state index is 12.8. The van der Waals surface area contributed by atoms with E-state index in [0.29, 0.717) is 17.4 Å². The number of hydrogen-bond donors (Lipinski definition) is 1. The van der Waals surface area contributed by atoms with Crippen LogP contribution in [0.3, 0.4) is 0 Å². The third-order valence-corrected chi connectivity index (χ3v) is 5.86. The Hall–Kier alpha value is -2.48. The highest BCUT2D eigenvalue weighted by Gasteiger charge is 2.42. The van der Waals surface area contributed by atoms with Gasteiger partial charge in [-0.1, -0.05) is 0 Å². The van der Waals surface area contributed by atoms with E-state index in [-0.39, 0.29) is 5.91 Å². The molecule has 2 aliphatic rings. The summed E-state index contributed by atoms with van der Waals surface area (Å²) in [4.78, 5) is 21.5. The van der Waals surface area contributed by atoms with Gasteiger partial charge in [-0.2, -0.15) is 15.4 Å². The number of anilines is 1. The fourth-order valence-corrected chi connectivity index (χ4v) is 4.51. The van der Waals surface area contributed by atoms with Crippen LogP contribution in [0.5, 0.6) is 0 Å². The zero-order valence-electron chi connectivity index (χ0n) is 12.9. The number of likely N-dealkylation sites (tertiary alicyclic amines) is 1. The number of carbonyl (C=O) groups is 1. The Morgan fingerprint density at radius 3 is 2.67 bits per heavy atom. The zero-order chi connectivity index (χ0) is 16.1. The summed E-state index contributed by atoms with van der Waals surface area (Å²) in [5.41, 5.74) is 2.20. The first-order chi connectivity index (χ1) is 11.8. The van der Waals surface area contributed by atoms with E-state index < -0.39 is 0 Å². The van der Waals surface area contributed by atoms with Gasteiger partial charge >= 0.3 is 0 Å². The van der Waals surface area contributed by atoms with Crippen LogP contribution in [-0.2, 0) is 0 Å². The largest absolute Gasteiger partial charge is 0.347 e. The Balaban J connectivity index is 1.31. The predicted molar refractivity (Wildman–Crippen MR) is 91.1 cm³/mol. The molecule has 2 saturated heterocycles. The van der Waals surface area contributed by atoms with Crippen molar-refractivity contribution >= 4 is 33.4 Å². The number of amides is 1. The van der Waals surface area contributed by atoms with Gasteiger partial charge in [0.05, 0.1) is 0 Å². The number of aromatic amines is 1. The maximum absolute atomic E-state index is 12.8. The molecule has 5 rings (SSSR count). The zero-order valence-corrected chi connectivity index (χ0v) is 13.7. The molecule has 3 aromatic rings. The smallest absolute Gasteiger partial charge is 0.253 e. The minimum Gasteiger partial charge on any atom is -0.347 e. The summed E-state index contributed by atoms with van der Waals surface area (Å²) in [5.74, 6) is 1.16. The average molecular weight is 340 g/mol. The molecule has 0 aliphatic carbocycles. The van der Waals surface area contributed by atoms with Gasteiger partial charge < -0.3 is 9.80 Å². The van der Waals surface area contributed by atoms with Gasteiger partial charge in [-0.25, -0.2) is 4.98 Å². The summed E-state index contributed by atoms with van der Waals surface area (Å²) in [7, 11) is 0. The van der Waals surface area contributed by atoms with Crippen molar-refractivity contribution in [3.8, 4) is 0 Å². The van der Waals surface area contributed by atoms with Gasteiger partial charge in [0.15, 0.2) is 5.13 Å². The first kappa shape index (κ1) is 13.9. The molecule has 4 heterocycles. The lowest BCUT2D eigenvalue weighted by Gasteiger charge is -2.21. The molecule has 0 saturated carbocycles. The van der Waals surface area contributed by atoms with E-state index in [1.165, 1.54) is 0 Å². The standard InChI is InChI=1S/C16H16N6OS/c23-15(10-1-2-13-14(5-10)19-20-18-13)21-6-11-8-22(9-12(11)7-21)16-17-3-4-24-16/h1-5,11-12H,6-9H2,(H,18,19,20). The molecular weight excluding hydrogens is 324 g/mol. The number of fused-ring (bicyclic) bond motifs is 2. The molecule has 0 spiro atoms. The van der Waals surface area contributed by atoms with Crippen molar-refractivity contribution in [3.63, 3.8) is 0 Å². The van der Waals surface area contributed by atoms with Crippen LogP contribution in [0.2, 0.25) is 0 Å². The number of nitrogens with zero attached hydrogens (tertiary/aromatic N) is 5. The quantitative estimate of drug-likeness (QED) is 0.767. The lowest BCUT2D eigenvalue weighted by molar-refractivity contribution is 0.0782. The molecule has 1 amide bonds. The molecule has 1 aromatic carbocycles. The summed E-state index contributed by atoms with van der Waals surface area (Å²) >= 11 is 1.68. The average Bonchev–Trinajstić information content (AvgIpc) is 3.34. The van der Waals surface area contributed by atoms with E-state index in [0.717, 1.165) is 42.3 Å².